The monoisotopic (exact) mass is 399 g/mol. The first-order valence-electron chi connectivity index (χ1n) is 6.43. The maximum atomic E-state index is 13.1. The third kappa shape index (κ3) is 3.97. The zero-order valence-electron chi connectivity index (χ0n) is 12.8. The number of rotatable bonds is 6. The summed E-state index contributed by atoms with van der Waals surface area (Å²) in [5, 5.41) is 2.49. The molecule has 0 atom stereocenters. The fourth-order valence-electron chi connectivity index (χ4n) is 1.59. The van der Waals surface area contributed by atoms with Crippen LogP contribution in [-0.4, -0.2) is 49.4 Å². The molecular formula is C11H12F3N5O4S2. The average molecular weight is 399 g/mol. The normalized spacial score (nSPS) is 12.7. The van der Waals surface area contributed by atoms with Gasteiger partial charge in [-0.2, -0.15) is 12.7 Å². The van der Waals surface area contributed by atoms with Gasteiger partial charge in [0.2, 0.25) is 0 Å². The first-order chi connectivity index (χ1) is 11.4. The van der Waals surface area contributed by atoms with E-state index in [9.17, 15) is 30.0 Å². The van der Waals surface area contributed by atoms with Crippen molar-refractivity contribution in [3.8, 4) is 0 Å². The minimum atomic E-state index is -4.37. The van der Waals surface area contributed by atoms with Gasteiger partial charge in [0.15, 0.2) is 17.5 Å². The maximum absolute atomic E-state index is 13.1. The first-order valence-corrected chi connectivity index (χ1v) is 9.31. The predicted molar refractivity (Wildman–Crippen MR) is 78.4 cm³/mol. The van der Waals surface area contributed by atoms with E-state index in [0.29, 0.717) is 22.5 Å². The summed E-state index contributed by atoms with van der Waals surface area (Å²) in [5.74, 6) is -4.64. The van der Waals surface area contributed by atoms with Crippen LogP contribution in [0.5, 0.6) is 0 Å². The number of nitrogens with zero attached hydrogens (tertiary/aromatic N) is 4. The summed E-state index contributed by atoms with van der Waals surface area (Å²) in [4.78, 5) is 3.39. The second-order valence-electron chi connectivity index (χ2n) is 4.89. The van der Waals surface area contributed by atoms with E-state index in [4.69, 9.17) is 0 Å². The Morgan fingerprint density at radius 1 is 1.12 bits per heavy atom. The van der Waals surface area contributed by atoms with Crippen LogP contribution in [0.2, 0.25) is 0 Å². The Labute approximate surface area is 141 Å². The lowest BCUT2D eigenvalue weighted by Crippen LogP contribution is -2.30. The number of aromatic nitrogens is 3. The summed E-state index contributed by atoms with van der Waals surface area (Å²) in [6.45, 7) is -0.592. The topological polar surface area (TPSA) is 114 Å². The molecule has 1 aromatic carbocycles. The molecule has 1 N–H and O–H groups in total. The molecule has 0 amide bonds. The van der Waals surface area contributed by atoms with Gasteiger partial charge in [-0.3, -0.25) is 0 Å². The van der Waals surface area contributed by atoms with Gasteiger partial charge in [-0.1, -0.05) is 0 Å². The molecule has 0 aliphatic rings. The SMILES string of the molecule is CN(C)S(=O)(=O)n1cnc(S(=O)(=O)NCc2cc(F)c(F)c(F)c2)n1. The number of benzene rings is 1. The number of hydrogen-bond acceptors (Lipinski definition) is 6. The number of sulfonamides is 1. The Kier molecular flexibility index (Phi) is 5.17. The van der Waals surface area contributed by atoms with E-state index in [1.54, 1.807) is 0 Å². The van der Waals surface area contributed by atoms with Crippen molar-refractivity contribution >= 4 is 20.2 Å². The lowest BCUT2D eigenvalue weighted by Gasteiger charge is -2.09. The second-order valence-corrected chi connectivity index (χ2v) is 8.55. The fourth-order valence-corrected chi connectivity index (χ4v) is 3.19. The molecule has 0 fully saturated rings. The molecule has 0 bridgehead atoms. The summed E-state index contributed by atoms with van der Waals surface area (Å²) in [5.41, 5.74) is -0.194. The predicted octanol–water partition coefficient (Wildman–Crippen LogP) is -0.172. The zero-order valence-corrected chi connectivity index (χ0v) is 14.4. The van der Waals surface area contributed by atoms with Crippen LogP contribution in [-0.2, 0) is 26.8 Å². The minimum absolute atomic E-state index is 0.194. The van der Waals surface area contributed by atoms with Gasteiger partial charge < -0.3 is 0 Å². The Hall–Kier alpha value is -2.03. The molecule has 0 radical (unpaired) electrons. The van der Waals surface area contributed by atoms with Crippen LogP contribution in [0, 0.1) is 17.5 Å². The van der Waals surface area contributed by atoms with Crippen molar-refractivity contribution in [2.24, 2.45) is 0 Å². The van der Waals surface area contributed by atoms with Gasteiger partial charge >= 0.3 is 10.2 Å². The number of nitrogens with one attached hydrogen (secondary N) is 1. The van der Waals surface area contributed by atoms with Crippen molar-refractivity contribution in [1.82, 2.24) is 23.2 Å². The molecule has 0 spiro atoms. The maximum Gasteiger partial charge on any atom is 0.323 e. The van der Waals surface area contributed by atoms with E-state index in [1.807, 2.05) is 4.72 Å². The molecule has 25 heavy (non-hydrogen) atoms. The van der Waals surface area contributed by atoms with Crippen molar-refractivity contribution < 1.29 is 30.0 Å². The second kappa shape index (κ2) is 6.70. The van der Waals surface area contributed by atoms with Crippen molar-refractivity contribution in [3.63, 3.8) is 0 Å². The van der Waals surface area contributed by atoms with Gasteiger partial charge in [-0.15, -0.1) is 9.19 Å². The molecule has 9 nitrogen and oxygen atoms in total. The highest BCUT2D eigenvalue weighted by atomic mass is 32.2. The molecule has 0 unspecified atom stereocenters. The molecule has 0 saturated carbocycles. The van der Waals surface area contributed by atoms with Crippen molar-refractivity contribution in [2.45, 2.75) is 11.7 Å². The Bertz CT molecular complexity index is 981. The smallest absolute Gasteiger partial charge is 0.204 e. The van der Waals surface area contributed by atoms with Crippen LogP contribution in [0.25, 0.3) is 0 Å². The van der Waals surface area contributed by atoms with Crippen LogP contribution < -0.4 is 4.72 Å². The molecule has 0 aliphatic carbocycles. The van der Waals surface area contributed by atoms with Crippen molar-refractivity contribution in [1.29, 1.82) is 0 Å². The molecule has 0 aliphatic heterocycles. The van der Waals surface area contributed by atoms with Crippen LogP contribution in [0.4, 0.5) is 13.2 Å². The van der Waals surface area contributed by atoms with Gasteiger partial charge in [0.25, 0.3) is 15.2 Å². The van der Waals surface area contributed by atoms with Crippen LogP contribution in [0.1, 0.15) is 5.56 Å². The molecule has 1 heterocycles. The standard InChI is InChI=1S/C11H12F3N5O4S2/c1-18(2)25(22,23)19-6-15-11(17-19)24(20,21)16-5-7-3-8(12)10(14)9(13)4-7/h3-4,6,16H,5H2,1-2H3. The zero-order chi connectivity index (χ0) is 19.0. The molecule has 1 aromatic heterocycles. The minimum Gasteiger partial charge on any atom is -0.204 e. The molecule has 0 saturated heterocycles. The van der Waals surface area contributed by atoms with E-state index in [2.05, 4.69) is 10.1 Å². The quantitative estimate of drug-likeness (QED) is 0.675. The molecular weight excluding hydrogens is 387 g/mol. The lowest BCUT2D eigenvalue weighted by atomic mass is 10.2. The van der Waals surface area contributed by atoms with Crippen LogP contribution >= 0.6 is 0 Å². The van der Waals surface area contributed by atoms with Crippen LogP contribution in [0.3, 0.4) is 0 Å². The molecule has 138 valence electrons. The Balaban J connectivity index is 2.22. The summed E-state index contributed by atoms with van der Waals surface area (Å²) >= 11 is 0. The molecule has 2 rings (SSSR count). The van der Waals surface area contributed by atoms with Gasteiger partial charge in [-0.25, -0.2) is 31.3 Å². The number of hydrogen-bond donors (Lipinski definition) is 1. The largest absolute Gasteiger partial charge is 0.323 e. The lowest BCUT2D eigenvalue weighted by molar-refractivity contribution is 0.445. The van der Waals surface area contributed by atoms with Gasteiger partial charge in [0.1, 0.15) is 6.33 Å². The average Bonchev–Trinajstić information content (AvgIpc) is 3.02. The highest BCUT2D eigenvalue weighted by Crippen LogP contribution is 2.14. The summed E-state index contributed by atoms with van der Waals surface area (Å²) in [6.07, 6.45) is 0.682. The highest BCUT2D eigenvalue weighted by Gasteiger charge is 2.24. The first kappa shape index (κ1) is 19.3. The van der Waals surface area contributed by atoms with Crippen molar-refractivity contribution in [3.05, 3.63) is 41.5 Å². The van der Waals surface area contributed by atoms with E-state index < -0.39 is 49.4 Å². The Morgan fingerprint density at radius 2 is 1.68 bits per heavy atom. The fraction of sp³-hybridized carbons (Fsp3) is 0.273. The summed E-state index contributed by atoms with van der Waals surface area (Å²) in [7, 11) is -6.01. The number of halogens is 3. The highest BCUT2D eigenvalue weighted by molar-refractivity contribution is 7.89. The van der Waals surface area contributed by atoms with E-state index in [1.165, 1.54) is 14.1 Å². The third-order valence-corrected chi connectivity index (χ3v) is 5.66. The summed E-state index contributed by atoms with van der Waals surface area (Å²) < 4.78 is 89.8. The van der Waals surface area contributed by atoms with E-state index in [-0.39, 0.29) is 5.56 Å². The van der Waals surface area contributed by atoms with Gasteiger partial charge in [0, 0.05) is 20.6 Å². The third-order valence-electron chi connectivity index (χ3n) is 2.90. The van der Waals surface area contributed by atoms with Crippen molar-refractivity contribution in [2.75, 3.05) is 14.1 Å². The van der Waals surface area contributed by atoms with Gasteiger partial charge in [0.05, 0.1) is 0 Å². The molecule has 2 aromatic rings. The van der Waals surface area contributed by atoms with E-state index in [0.717, 1.165) is 4.31 Å². The Morgan fingerprint density at radius 3 is 2.20 bits per heavy atom. The van der Waals surface area contributed by atoms with E-state index >= 15 is 0 Å². The molecule has 14 heteroatoms. The summed E-state index contributed by atoms with van der Waals surface area (Å²) in [6, 6.07) is 1.23. The van der Waals surface area contributed by atoms with Gasteiger partial charge in [-0.05, 0) is 17.7 Å². The van der Waals surface area contributed by atoms with Crippen LogP contribution in [0.15, 0.2) is 23.6 Å².